The highest BCUT2D eigenvalue weighted by Gasteiger charge is 2.30. The van der Waals surface area contributed by atoms with E-state index in [1.807, 2.05) is 6.08 Å². The summed E-state index contributed by atoms with van der Waals surface area (Å²) in [6.07, 6.45) is 24.7. The minimum atomic E-state index is -0.799. The van der Waals surface area contributed by atoms with Gasteiger partial charge in [-0.25, -0.2) is 4.79 Å². The molecule has 0 spiro atoms. The first-order valence-electron chi connectivity index (χ1n) is 13.6. The van der Waals surface area contributed by atoms with E-state index in [-0.39, 0.29) is 0 Å². The summed E-state index contributed by atoms with van der Waals surface area (Å²) in [5.74, 6) is 3.07. The fourth-order valence-corrected chi connectivity index (χ4v) is 5.82. The maximum Gasteiger partial charge on any atom is 0.330 e. The second-order valence-corrected chi connectivity index (χ2v) is 10.5. The molecule has 2 rings (SSSR count). The van der Waals surface area contributed by atoms with Gasteiger partial charge in [0.25, 0.3) is 0 Å². The van der Waals surface area contributed by atoms with E-state index in [1.165, 1.54) is 89.9 Å². The van der Waals surface area contributed by atoms with Crippen LogP contribution in [0.15, 0.2) is 11.6 Å². The summed E-state index contributed by atoms with van der Waals surface area (Å²) in [6.45, 7) is 5.85. The molecule has 0 saturated heterocycles. The van der Waals surface area contributed by atoms with Gasteiger partial charge in [0.15, 0.2) is 0 Å². The number of carboxylic acids is 1. The fraction of sp³-hybridized carbons (Fsp3) is 0.893. The van der Waals surface area contributed by atoms with Gasteiger partial charge in [-0.2, -0.15) is 0 Å². The Morgan fingerprint density at radius 2 is 1.45 bits per heavy atom. The van der Waals surface area contributed by atoms with Gasteiger partial charge in [-0.1, -0.05) is 64.4 Å². The summed E-state index contributed by atoms with van der Waals surface area (Å²) < 4.78 is 6.00. The molecule has 0 heterocycles. The van der Waals surface area contributed by atoms with Crippen molar-refractivity contribution in [2.45, 2.75) is 123 Å². The smallest absolute Gasteiger partial charge is 0.330 e. The van der Waals surface area contributed by atoms with E-state index < -0.39 is 5.97 Å². The van der Waals surface area contributed by atoms with Gasteiger partial charge >= 0.3 is 5.97 Å². The molecule has 3 nitrogen and oxygen atoms in total. The molecule has 0 aromatic heterocycles. The van der Waals surface area contributed by atoms with E-state index in [4.69, 9.17) is 9.84 Å². The molecule has 0 unspecified atom stereocenters. The largest absolute Gasteiger partial charge is 0.478 e. The number of rotatable bonds is 15. The lowest BCUT2D eigenvalue weighted by molar-refractivity contribution is -0.132. The molecule has 0 radical (unpaired) electrons. The topological polar surface area (TPSA) is 46.5 Å². The SMILES string of the molecule is CCCCC[C@H]1CC[C@H]([C@H]2CC[C@H](COCCCCCCC=C(C)C(=O)O)CC2)CC1. The molecular formula is C28H50O3. The van der Waals surface area contributed by atoms with E-state index in [0.717, 1.165) is 56.1 Å². The number of hydrogen-bond acceptors (Lipinski definition) is 2. The number of hydrogen-bond donors (Lipinski definition) is 1. The zero-order chi connectivity index (χ0) is 22.3. The van der Waals surface area contributed by atoms with Gasteiger partial charge < -0.3 is 9.84 Å². The highest BCUT2D eigenvalue weighted by Crippen LogP contribution is 2.42. The number of aliphatic carboxylic acids is 1. The van der Waals surface area contributed by atoms with Gasteiger partial charge in [0, 0.05) is 18.8 Å². The van der Waals surface area contributed by atoms with Gasteiger partial charge in [0.2, 0.25) is 0 Å². The quantitative estimate of drug-likeness (QED) is 0.209. The Balaban J connectivity index is 1.43. The van der Waals surface area contributed by atoms with Crippen LogP contribution in [0.4, 0.5) is 0 Å². The minimum absolute atomic E-state index is 0.466. The van der Waals surface area contributed by atoms with Gasteiger partial charge in [-0.3, -0.25) is 0 Å². The van der Waals surface area contributed by atoms with Crippen LogP contribution in [0.2, 0.25) is 0 Å². The Kier molecular flexibility index (Phi) is 13.5. The standard InChI is InChI=1S/C28H50O3/c1-3-4-8-12-24-13-17-26(18-14-24)27-19-15-25(16-20-27)22-31-21-10-7-5-6-9-11-23(2)28(29)30/h11,24-27H,3-10,12-22H2,1-2H3,(H,29,30)/t24-,25-,26-,27-. The Hall–Kier alpha value is -0.830. The van der Waals surface area contributed by atoms with Crippen LogP contribution >= 0.6 is 0 Å². The van der Waals surface area contributed by atoms with Crippen molar-refractivity contribution in [3.8, 4) is 0 Å². The maximum atomic E-state index is 10.7. The van der Waals surface area contributed by atoms with Crippen LogP contribution in [0.5, 0.6) is 0 Å². The van der Waals surface area contributed by atoms with Crippen LogP contribution in [-0.2, 0) is 9.53 Å². The van der Waals surface area contributed by atoms with Crippen molar-refractivity contribution in [1.82, 2.24) is 0 Å². The molecule has 0 amide bonds. The lowest BCUT2D eigenvalue weighted by Gasteiger charge is -2.38. The first-order valence-corrected chi connectivity index (χ1v) is 13.6. The van der Waals surface area contributed by atoms with Crippen molar-refractivity contribution >= 4 is 5.97 Å². The third kappa shape index (κ3) is 11.0. The summed E-state index contributed by atoms with van der Waals surface area (Å²) in [4.78, 5) is 10.7. The molecule has 0 bridgehead atoms. The Morgan fingerprint density at radius 1 is 0.839 bits per heavy atom. The Morgan fingerprint density at radius 3 is 2.06 bits per heavy atom. The van der Waals surface area contributed by atoms with Gasteiger partial charge in [-0.15, -0.1) is 0 Å². The summed E-state index contributed by atoms with van der Waals surface area (Å²) in [6, 6.07) is 0. The van der Waals surface area contributed by atoms with Gasteiger partial charge in [0.1, 0.15) is 0 Å². The van der Waals surface area contributed by atoms with Crippen molar-refractivity contribution < 1.29 is 14.6 Å². The lowest BCUT2D eigenvalue weighted by Crippen LogP contribution is -2.27. The lowest BCUT2D eigenvalue weighted by atomic mass is 9.69. The van der Waals surface area contributed by atoms with Gasteiger partial charge in [-0.05, 0) is 88.4 Å². The number of ether oxygens (including phenoxy) is 1. The average molecular weight is 435 g/mol. The van der Waals surface area contributed by atoms with Crippen molar-refractivity contribution in [3.05, 3.63) is 11.6 Å². The number of carboxylic acid groups (broad SMARTS) is 1. The predicted molar refractivity (Wildman–Crippen MR) is 130 cm³/mol. The first-order chi connectivity index (χ1) is 15.1. The van der Waals surface area contributed by atoms with E-state index in [9.17, 15) is 4.79 Å². The minimum Gasteiger partial charge on any atom is -0.478 e. The second kappa shape index (κ2) is 15.9. The molecule has 3 heteroatoms. The zero-order valence-electron chi connectivity index (χ0n) is 20.6. The molecule has 0 aromatic rings. The molecule has 180 valence electrons. The van der Waals surface area contributed by atoms with E-state index in [2.05, 4.69) is 6.92 Å². The van der Waals surface area contributed by atoms with Crippen LogP contribution in [0.1, 0.15) is 123 Å². The fourth-order valence-electron chi connectivity index (χ4n) is 5.82. The van der Waals surface area contributed by atoms with Crippen LogP contribution in [-0.4, -0.2) is 24.3 Å². The molecule has 0 aliphatic heterocycles. The summed E-state index contributed by atoms with van der Waals surface area (Å²) in [7, 11) is 0. The van der Waals surface area contributed by atoms with Crippen LogP contribution in [0.25, 0.3) is 0 Å². The second-order valence-electron chi connectivity index (χ2n) is 10.5. The number of carbonyl (C=O) groups is 1. The molecule has 2 fully saturated rings. The van der Waals surface area contributed by atoms with E-state index in [1.54, 1.807) is 6.92 Å². The molecule has 1 N–H and O–H groups in total. The summed E-state index contributed by atoms with van der Waals surface area (Å²) in [5, 5.41) is 8.83. The van der Waals surface area contributed by atoms with E-state index >= 15 is 0 Å². The Bertz CT molecular complexity index is 496. The third-order valence-corrected chi connectivity index (χ3v) is 8.05. The van der Waals surface area contributed by atoms with Crippen molar-refractivity contribution in [2.75, 3.05) is 13.2 Å². The molecule has 2 aliphatic rings. The normalized spacial score (nSPS) is 27.4. The molecule has 0 atom stereocenters. The molecule has 31 heavy (non-hydrogen) atoms. The molecule has 0 aromatic carbocycles. The van der Waals surface area contributed by atoms with Crippen molar-refractivity contribution in [1.29, 1.82) is 0 Å². The summed E-state index contributed by atoms with van der Waals surface area (Å²) >= 11 is 0. The average Bonchev–Trinajstić information content (AvgIpc) is 2.79. The van der Waals surface area contributed by atoms with Crippen molar-refractivity contribution in [3.63, 3.8) is 0 Å². The van der Waals surface area contributed by atoms with Crippen LogP contribution in [0, 0.1) is 23.7 Å². The van der Waals surface area contributed by atoms with Gasteiger partial charge in [0.05, 0.1) is 0 Å². The molecule has 2 aliphatic carbocycles. The molecule has 2 saturated carbocycles. The number of allylic oxidation sites excluding steroid dienone is 1. The van der Waals surface area contributed by atoms with Crippen molar-refractivity contribution in [2.24, 2.45) is 23.7 Å². The predicted octanol–water partition coefficient (Wildman–Crippen LogP) is 8.18. The first kappa shape index (κ1) is 26.4. The zero-order valence-corrected chi connectivity index (χ0v) is 20.6. The Labute approximate surface area is 192 Å². The number of unbranched alkanes of at least 4 members (excludes halogenated alkanes) is 6. The maximum absolute atomic E-state index is 10.7. The summed E-state index contributed by atoms with van der Waals surface area (Å²) in [5.41, 5.74) is 0.466. The van der Waals surface area contributed by atoms with E-state index in [0.29, 0.717) is 5.57 Å². The highest BCUT2D eigenvalue weighted by molar-refractivity contribution is 5.85. The third-order valence-electron chi connectivity index (χ3n) is 8.05. The highest BCUT2D eigenvalue weighted by atomic mass is 16.5. The molecular weight excluding hydrogens is 384 g/mol. The van der Waals surface area contributed by atoms with Crippen LogP contribution < -0.4 is 0 Å². The van der Waals surface area contributed by atoms with Crippen LogP contribution in [0.3, 0.4) is 0 Å². The monoisotopic (exact) mass is 434 g/mol.